The summed E-state index contributed by atoms with van der Waals surface area (Å²) in [7, 11) is 3.87. The number of anilines is 1. The molecule has 98 valence electrons. The van der Waals surface area contributed by atoms with Crippen LogP contribution in [0.1, 0.15) is 17.3 Å². The second kappa shape index (κ2) is 4.86. The molecule has 1 aromatic carbocycles. The second-order valence-electron chi connectivity index (χ2n) is 4.55. The Morgan fingerprint density at radius 2 is 2.28 bits per heavy atom. The average Bonchev–Trinajstić information content (AvgIpc) is 2.35. The van der Waals surface area contributed by atoms with Crippen LogP contribution in [0.25, 0.3) is 0 Å². The summed E-state index contributed by atoms with van der Waals surface area (Å²) in [6.07, 6.45) is 0.0107. The summed E-state index contributed by atoms with van der Waals surface area (Å²) in [5, 5.41) is 12.1. The first-order valence-electron chi connectivity index (χ1n) is 5.96. The second-order valence-corrected chi connectivity index (χ2v) is 4.55. The lowest BCUT2D eigenvalue weighted by Gasteiger charge is -2.39. The zero-order chi connectivity index (χ0) is 13.3. The maximum atomic E-state index is 11.0. The number of carboxylic acid groups (broad SMARTS) is 1. The van der Waals surface area contributed by atoms with Crippen LogP contribution in [0.2, 0.25) is 0 Å². The van der Waals surface area contributed by atoms with Gasteiger partial charge < -0.3 is 20.1 Å². The lowest BCUT2D eigenvalue weighted by Crippen LogP contribution is -2.50. The molecule has 18 heavy (non-hydrogen) atoms. The summed E-state index contributed by atoms with van der Waals surface area (Å²) in [6.45, 7) is 2.82. The van der Waals surface area contributed by atoms with Crippen LogP contribution in [-0.4, -0.2) is 43.9 Å². The van der Waals surface area contributed by atoms with Crippen LogP contribution in [-0.2, 0) is 0 Å². The van der Waals surface area contributed by atoms with Crippen LogP contribution in [0.5, 0.6) is 5.75 Å². The number of likely N-dealkylation sites (N-methyl/N-ethyl adjacent to an activating group) is 2. The Kier molecular flexibility index (Phi) is 3.43. The number of hydrogen-bond donors (Lipinski definition) is 2. The number of aromatic carboxylic acids is 1. The molecular weight excluding hydrogens is 232 g/mol. The highest BCUT2D eigenvalue weighted by Gasteiger charge is 2.30. The minimum atomic E-state index is -0.937. The first-order chi connectivity index (χ1) is 8.54. The fourth-order valence-corrected chi connectivity index (χ4v) is 2.18. The third-order valence-electron chi connectivity index (χ3n) is 3.42. The predicted molar refractivity (Wildman–Crippen MR) is 69.6 cm³/mol. The summed E-state index contributed by atoms with van der Waals surface area (Å²) in [6, 6.07) is 5.22. The van der Waals surface area contributed by atoms with E-state index >= 15 is 0 Å². The summed E-state index contributed by atoms with van der Waals surface area (Å²) in [5.41, 5.74) is 1.18. The van der Waals surface area contributed by atoms with E-state index in [4.69, 9.17) is 9.84 Å². The monoisotopic (exact) mass is 250 g/mol. The highest BCUT2D eigenvalue weighted by Crippen LogP contribution is 2.35. The summed E-state index contributed by atoms with van der Waals surface area (Å²) >= 11 is 0. The van der Waals surface area contributed by atoms with E-state index in [0.717, 1.165) is 12.2 Å². The molecule has 2 atom stereocenters. The van der Waals surface area contributed by atoms with Gasteiger partial charge in [0.2, 0.25) is 0 Å². The van der Waals surface area contributed by atoms with E-state index in [1.165, 1.54) is 0 Å². The van der Waals surface area contributed by atoms with Gasteiger partial charge in [0.15, 0.2) is 0 Å². The van der Waals surface area contributed by atoms with Gasteiger partial charge in [0.05, 0.1) is 17.3 Å². The molecule has 1 heterocycles. The highest BCUT2D eigenvalue weighted by molar-refractivity contribution is 5.89. The van der Waals surface area contributed by atoms with Gasteiger partial charge >= 0.3 is 5.97 Å². The zero-order valence-electron chi connectivity index (χ0n) is 10.8. The third kappa shape index (κ3) is 2.13. The number of nitrogens with one attached hydrogen (secondary N) is 1. The lowest BCUT2D eigenvalue weighted by atomic mass is 10.1. The van der Waals surface area contributed by atoms with Crippen LogP contribution in [0, 0.1) is 0 Å². The number of nitrogens with zero attached hydrogens (tertiary/aromatic N) is 1. The molecule has 0 saturated heterocycles. The van der Waals surface area contributed by atoms with E-state index in [0.29, 0.717) is 5.75 Å². The number of ether oxygens (including phenoxy) is 1. The van der Waals surface area contributed by atoms with Gasteiger partial charge in [-0.25, -0.2) is 4.79 Å². The van der Waals surface area contributed by atoms with Gasteiger partial charge in [-0.2, -0.15) is 0 Å². The maximum Gasteiger partial charge on any atom is 0.335 e. The molecule has 0 saturated carbocycles. The molecule has 0 aromatic heterocycles. The van der Waals surface area contributed by atoms with Crippen LogP contribution in [0.3, 0.4) is 0 Å². The fraction of sp³-hybridized carbons (Fsp3) is 0.462. The molecule has 1 aliphatic heterocycles. The van der Waals surface area contributed by atoms with E-state index in [1.54, 1.807) is 18.2 Å². The topological polar surface area (TPSA) is 61.8 Å². The minimum Gasteiger partial charge on any atom is -0.485 e. The highest BCUT2D eigenvalue weighted by atomic mass is 16.5. The van der Waals surface area contributed by atoms with Crippen LogP contribution in [0.15, 0.2) is 18.2 Å². The Balaban J connectivity index is 2.36. The first-order valence-corrected chi connectivity index (χ1v) is 5.96. The van der Waals surface area contributed by atoms with Gasteiger partial charge in [-0.1, -0.05) is 0 Å². The van der Waals surface area contributed by atoms with Crippen LogP contribution < -0.4 is 15.0 Å². The molecule has 1 aliphatic rings. The SMILES string of the molecule is CNCC1Oc2cc(C(=O)O)ccc2N(C)C1C. The molecule has 0 spiro atoms. The molecule has 2 unspecified atom stereocenters. The number of rotatable bonds is 3. The maximum absolute atomic E-state index is 11.0. The molecule has 5 heteroatoms. The van der Waals surface area contributed by atoms with Crippen LogP contribution in [0.4, 0.5) is 5.69 Å². The van der Waals surface area contributed by atoms with Crippen LogP contribution >= 0.6 is 0 Å². The predicted octanol–water partition coefficient (Wildman–Crippen LogP) is 1.19. The lowest BCUT2D eigenvalue weighted by molar-refractivity contribution is 0.0695. The van der Waals surface area contributed by atoms with Crippen molar-refractivity contribution in [3.63, 3.8) is 0 Å². The van der Waals surface area contributed by atoms with Gasteiger partial charge in [-0.15, -0.1) is 0 Å². The Bertz CT molecular complexity index is 462. The van der Waals surface area contributed by atoms with Gasteiger partial charge in [0.25, 0.3) is 0 Å². The number of carboxylic acids is 1. The van der Waals surface area contributed by atoms with E-state index < -0.39 is 5.97 Å². The number of fused-ring (bicyclic) bond motifs is 1. The Morgan fingerprint density at radius 3 is 2.89 bits per heavy atom. The molecule has 5 nitrogen and oxygen atoms in total. The minimum absolute atomic E-state index is 0.0107. The average molecular weight is 250 g/mol. The standard InChI is InChI=1S/C13H18N2O3/c1-8-12(7-14-2)18-11-6-9(13(16)17)4-5-10(11)15(8)3/h4-6,8,12,14H,7H2,1-3H3,(H,16,17). The van der Waals surface area contributed by atoms with Crippen molar-refractivity contribution in [1.29, 1.82) is 0 Å². The molecule has 0 aliphatic carbocycles. The fourth-order valence-electron chi connectivity index (χ4n) is 2.18. The zero-order valence-corrected chi connectivity index (χ0v) is 10.8. The molecule has 0 amide bonds. The molecule has 0 fully saturated rings. The van der Waals surface area contributed by atoms with E-state index in [-0.39, 0.29) is 17.7 Å². The van der Waals surface area contributed by atoms with Gasteiger partial charge in [-0.3, -0.25) is 0 Å². The quantitative estimate of drug-likeness (QED) is 0.843. The third-order valence-corrected chi connectivity index (χ3v) is 3.42. The molecule has 2 rings (SSSR count). The molecule has 1 aromatic rings. The number of hydrogen-bond acceptors (Lipinski definition) is 4. The summed E-state index contributed by atoms with van der Waals surface area (Å²) < 4.78 is 5.88. The van der Waals surface area contributed by atoms with Gasteiger partial charge in [0.1, 0.15) is 11.9 Å². The molecule has 0 radical (unpaired) electrons. The first kappa shape index (κ1) is 12.7. The summed E-state index contributed by atoms with van der Waals surface area (Å²) in [4.78, 5) is 13.1. The van der Waals surface area contributed by atoms with Crippen molar-refractivity contribution in [2.24, 2.45) is 0 Å². The van der Waals surface area contributed by atoms with Crippen molar-refractivity contribution in [2.45, 2.75) is 19.1 Å². The normalized spacial score (nSPS) is 22.3. The Morgan fingerprint density at radius 1 is 1.56 bits per heavy atom. The van der Waals surface area contributed by atoms with E-state index in [2.05, 4.69) is 17.1 Å². The summed E-state index contributed by atoms with van der Waals surface area (Å²) in [5.74, 6) is -0.302. The van der Waals surface area contributed by atoms with E-state index in [9.17, 15) is 4.79 Å². The molecule has 2 N–H and O–H groups in total. The van der Waals surface area contributed by atoms with Crippen molar-refractivity contribution in [3.8, 4) is 5.75 Å². The largest absolute Gasteiger partial charge is 0.485 e. The van der Waals surface area contributed by atoms with Crippen molar-refractivity contribution in [3.05, 3.63) is 23.8 Å². The van der Waals surface area contributed by atoms with E-state index in [1.807, 2.05) is 14.1 Å². The Labute approximate surface area is 106 Å². The smallest absolute Gasteiger partial charge is 0.335 e. The van der Waals surface area contributed by atoms with Crippen molar-refractivity contribution in [2.75, 3.05) is 25.5 Å². The molecule has 0 bridgehead atoms. The van der Waals surface area contributed by atoms with Gasteiger partial charge in [0, 0.05) is 13.6 Å². The number of benzene rings is 1. The van der Waals surface area contributed by atoms with Crippen molar-refractivity contribution in [1.82, 2.24) is 5.32 Å². The van der Waals surface area contributed by atoms with Crippen molar-refractivity contribution >= 4 is 11.7 Å². The van der Waals surface area contributed by atoms with Gasteiger partial charge in [-0.05, 0) is 32.2 Å². The number of carbonyl (C=O) groups is 1. The van der Waals surface area contributed by atoms with Crippen molar-refractivity contribution < 1.29 is 14.6 Å². The molecular formula is C13H18N2O3. The Hall–Kier alpha value is -1.75.